The molecule has 0 spiro atoms. The summed E-state index contributed by atoms with van der Waals surface area (Å²) in [6.45, 7) is 0. The largest absolute Gasteiger partial charge is 0.147 e. The van der Waals surface area contributed by atoms with Crippen LogP contribution in [0.1, 0.15) is 0 Å². The summed E-state index contributed by atoms with van der Waals surface area (Å²) in [4.78, 5) is 0. The Morgan fingerprint density at radius 2 is 1.71 bits per heavy atom. The van der Waals surface area contributed by atoms with Gasteiger partial charge in [-0.1, -0.05) is 0 Å². The first-order valence-electron chi connectivity index (χ1n) is 4.37. The van der Waals surface area contributed by atoms with Gasteiger partial charge in [0.25, 0.3) is 0 Å². The van der Waals surface area contributed by atoms with Crippen LogP contribution < -0.4 is 4.16 Å². The maximum absolute atomic E-state index is 5.26. The van der Waals surface area contributed by atoms with Crippen molar-refractivity contribution in [2.45, 2.75) is 0 Å². The van der Waals surface area contributed by atoms with E-state index in [1.54, 1.807) is 7.11 Å². The van der Waals surface area contributed by atoms with Gasteiger partial charge in [0, 0.05) is 0 Å². The maximum Gasteiger partial charge on any atom is -0.147 e. The summed E-state index contributed by atoms with van der Waals surface area (Å²) < 4.78 is 6.68. The first-order chi connectivity index (χ1) is 6.40. The predicted molar refractivity (Wildman–Crippen MR) is 57.8 cm³/mol. The number of hydrogen-bond acceptors (Lipinski definition) is 1. The molecule has 0 N–H and O–H groups in total. The molecule has 0 atom stereocenters. The monoisotopic (exact) mass is 258 g/mol. The third-order valence-corrected chi connectivity index (χ3v) is 4.35. The average Bonchev–Trinajstić information content (AvgIpc) is 2.18. The molecule has 0 fully saturated rings. The van der Waals surface area contributed by atoms with Crippen molar-refractivity contribution in [1.82, 2.24) is 0 Å². The standard InChI is InChI=1S/C10H7.CH3O.ClH.Zn/c1-2-6-10-8-4-3-7-9(10)5-1;1-2;;/h1-3,5-8H;1H3;1H;/q;-1;;+1. The fourth-order valence-electron chi connectivity index (χ4n) is 1.50. The second-order valence-electron chi connectivity index (χ2n) is 3.11. The van der Waals surface area contributed by atoms with Crippen molar-refractivity contribution in [3.63, 3.8) is 0 Å². The topological polar surface area (TPSA) is 9.23 Å². The summed E-state index contributed by atoms with van der Waals surface area (Å²) in [5.41, 5.74) is 0. The number of halogens is 1. The number of fused-ring (bicyclic) bond motifs is 1. The molecule has 14 heavy (non-hydrogen) atoms. The van der Waals surface area contributed by atoms with Gasteiger partial charge in [-0.15, -0.1) is 12.4 Å². The van der Waals surface area contributed by atoms with Gasteiger partial charge in [-0.3, -0.25) is 0 Å². The Hall–Kier alpha value is -0.427. The van der Waals surface area contributed by atoms with Crippen LogP contribution in [0.25, 0.3) is 10.8 Å². The fraction of sp³-hybridized carbons (Fsp3) is 0.0909. The molecule has 2 aromatic rings. The Morgan fingerprint density at radius 1 is 1.00 bits per heavy atom. The molecular formula is C11H11ClOZn. The Kier molecular flexibility index (Phi) is 4.54. The second-order valence-corrected chi connectivity index (χ2v) is 6.64. The van der Waals surface area contributed by atoms with Crippen LogP contribution in [-0.2, 0) is 21.1 Å². The molecule has 0 aliphatic rings. The van der Waals surface area contributed by atoms with Crippen LogP contribution in [0, 0.1) is 0 Å². The smallest absolute Gasteiger partial charge is 0.147 e. The zero-order valence-corrected chi connectivity index (χ0v) is 11.8. The van der Waals surface area contributed by atoms with Crippen molar-refractivity contribution < 1.29 is 21.1 Å². The molecule has 2 aromatic carbocycles. The van der Waals surface area contributed by atoms with Gasteiger partial charge in [0.15, 0.2) is 0 Å². The van der Waals surface area contributed by atoms with E-state index in [2.05, 4.69) is 42.5 Å². The molecule has 0 aromatic heterocycles. The van der Waals surface area contributed by atoms with E-state index in [1.165, 1.54) is 14.9 Å². The van der Waals surface area contributed by atoms with Crippen LogP contribution >= 0.6 is 12.4 Å². The van der Waals surface area contributed by atoms with Crippen LogP contribution in [-0.4, -0.2) is 7.11 Å². The van der Waals surface area contributed by atoms with Gasteiger partial charge >= 0.3 is 85.6 Å². The molecule has 0 radical (unpaired) electrons. The number of rotatable bonds is 2. The maximum atomic E-state index is 5.26. The molecule has 0 unspecified atom stereocenters. The first kappa shape index (κ1) is 11.6. The Labute approximate surface area is 97.9 Å². The summed E-state index contributed by atoms with van der Waals surface area (Å²) in [5, 5.41) is 2.63. The minimum absolute atomic E-state index is 0. The van der Waals surface area contributed by atoms with E-state index in [0.29, 0.717) is 0 Å². The summed E-state index contributed by atoms with van der Waals surface area (Å²) >= 11 is -0.900. The minimum atomic E-state index is -0.900. The molecule has 1 nitrogen and oxygen atoms in total. The van der Waals surface area contributed by atoms with Gasteiger partial charge in [-0.2, -0.15) is 0 Å². The third kappa shape index (κ3) is 2.54. The molecule has 0 amide bonds. The summed E-state index contributed by atoms with van der Waals surface area (Å²) in [6.07, 6.45) is 0. The third-order valence-electron chi connectivity index (χ3n) is 2.12. The van der Waals surface area contributed by atoms with Crippen molar-refractivity contribution >= 4 is 27.3 Å². The molecule has 2 rings (SSSR count). The Balaban J connectivity index is 0.000000980. The van der Waals surface area contributed by atoms with Crippen LogP contribution in [0.3, 0.4) is 0 Å². The minimum Gasteiger partial charge on any atom is -0.147 e. The molecule has 0 saturated carbocycles. The SMILES string of the molecule is C[O][Zn][c]1ccc2ccccc2c1.Cl. The fourth-order valence-corrected chi connectivity index (χ4v) is 3.28. The van der Waals surface area contributed by atoms with Crippen LogP contribution in [0.5, 0.6) is 0 Å². The predicted octanol–water partition coefficient (Wildman–Crippen LogP) is 2.53. The molecule has 0 aliphatic carbocycles. The molecule has 0 saturated heterocycles. The summed E-state index contributed by atoms with van der Waals surface area (Å²) in [5.74, 6) is 0. The van der Waals surface area contributed by atoms with E-state index >= 15 is 0 Å². The van der Waals surface area contributed by atoms with Gasteiger partial charge in [-0.25, -0.2) is 0 Å². The van der Waals surface area contributed by atoms with E-state index < -0.39 is 17.5 Å². The Morgan fingerprint density at radius 3 is 2.43 bits per heavy atom. The molecule has 3 heteroatoms. The van der Waals surface area contributed by atoms with Crippen LogP contribution in [0.4, 0.5) is 0 Å². The normalized spacial score (nSPS) is 9.21. The van der Waals surface area contributed by atoms with Crippen molar-refractivity contribution in [3.05, 3.63) is 42.5 Å². The Bertz CT molecular complexity index is 417. The van der Waals surface area contributed by atoms with Crippen LogP contribution in [0.15, 0.2) is 42.5 Å². The molecule has 0 heterocycles. The molecule has 70 valence electrons. The molecular weight excluding hydrogens is 249 g/mol. The molecule has 0 aliphatic heterocycles. The molecule has 0 bridgehead atoms. The first-order valence-corrected chi connectivity index (χ1v) is 7.06. The zero-order chi connectivity index (χ0) is 9.10. The van der Waals surface area contributed by atoms with Gasteiger partial charge in [-0.05, 0) is 0 Å². The van der Waals surface area contributed by atoms with Gasteiger partial charge < -0.3 is 0 Å². The van der Waals surface area contributed by atoms with Crippen LogP contribution in [0.2, 0.25) is 0 Å². The van der Waals surface area contributed by atoms with E-state index in [9.17, 15) is 0 Å². The van der Waals surface area contributed by atoms with E-state index in [1.807, 2.05) is 0 Å². The van der Waals surface area contributed by atoms with Crippen molar-refractivity contribution in [2.75, 3.05) is 7.11 Å². The van der Waals surface area contributed by atoms with Gasteiger partial charge in [0.05, 0.1) is 0 Å². The van der Waals surface area contributed by atoms with E-state index in [0.717, 1.165) is 0 Å². The van der Waals surface area contributed by atoms with E-state index in [-0.39, 0.29) is 12.4 Å². The zero-order valence-electron chi connectivity index (χ0n) is 8.07. The van der Waals surface area contributed by atoms with Gasteiger partial charge in [0.1, 0.15) is 0 Å². The van der Waals surface area contributed by atoms with Crippen molar-refractivity contribution in [2.24, 2.45) is 0 Å². The second kappa shape index (κ2) is 5.45. The quantitative estimate of drug-likeness (QED) is 0.754. The average molecular weight is 260 g/mol. The number of benzene rings is 2. The van der Waals surface area contributed by atoms with E-state index in [4.69, 9.17) is 3.56 Å². The van der Waals surface area contributed by atoms with Gasteiger partial charge in [0.2, 0.25) is 0 Å². The number of hydrogen-bond donors (Lipinski definition) is 0. The van der Waals surface area contributed by atoms with Crippen molar-refractivity contribution in [1.29, 1.82) is 0 Å². The summed E-state index contributed by atoms with van der Waals surface area (Å²) in [6, 6.07) is 15.0. The summed E-state index contributed by atoms with van der Waals surface area (Å²) in [7, 11) is 1.80. The van der Waals surface area contributed by atoms with Crippen molar-refractivity contribution in [3.8, 4) is 0 Å².